The van der Waals surface area contributed by atoms with Gasteiger partial charge in [-0.2, -0.15) is 5.10 Å². The van der Waals surface area contributed by atoms with Gasteiger partial charge in [0.05, 0.1) is 19.1 Å². The number of aromatic nitrogens is 3. The maximum absolute atomic E-state index is 12.4. The Balaban J connectivity index is 1.51. The Morgan fingerprint density at radius 2 is 1.86 bits per heavy atom. The van der Waals surface area contributed by atoms with Crippen LogP contribution < -0.4 is 10.2 Å². The van der Waals surface area contributed by atoms with Crippen molar-refractivity contribution in [3.63, 3.8) is 0 Å². The lowest BCUT2D eigenvalue weighted by Crippen LogP contribution is -2.19. The Morgan fingerprint density at radius 1 is 1.11 bits per heavy atom. The first kappa shape index (κ1) is 26.0. The molecule has 2 aromatic heterocycles. The Hall–Kier alpha value is -4.11. The van der Waals surface area contributed by atoms with E-state index in [1.165, 1.54) is 23.5 Å². The standard InChI is InChI=1S/C28H29N5O3S/c1-28(2,3)21-11-9-20(10-12-21)26-31-32-27(33(26)22-13-15-23(35-4)16-14-22)37-19-25(34)30-29-17-5-7-24-8-6-18-36-24/h5-18H,19H2,1-4H3,(H,30,34)/b7-5-,29-17-. The number of amides is 1. The van der Waals surface area contributed by atoms with E-state index in [9.17, 15) is 4.79 Å². The molecule has 8 nitrogen and oxygen atoms in total. The van der Waals surface area contributed by atoms with Crippen molar-refractivity contribution in [1.82, 2.24) is 20.2 Å². The number of ether oxygens (including phenoxy) is 1. The number of allylic oxidation sites excluding steroid dienone is 1. The number of carbonyl (C=O) groups is 1. The second-order valence-electron chi connectivity index (χ2n) is 9.14. The van der Waals surface area contributed by atoms with Crippen LogP contribution in [0.2, 0.25) is 0 Å². The number of hydrogen-bond donors (Lipinski definition) is 1. The van der Waals surface area contributed by atoms with E-state index in [1.54, 1.807) is 31.6 Å². The number of hydrazone groups is 1. The quantitative estimate of drug-likeness (QED) is 0.174. The zero-order valence-corrected chi connectivity index (χ0v) is 22.0. The van der Waals surface area contributed by atoms with E-state index in [0.717, 1.165) is 17.0 Å². The van der Waals surface area contributed by atoms with Gasteiger partial charge in [-0.15, -0.1) is 10.2 Å². The van der Waals surface area contributed by atoms with Gasteiger partial charge in [0.25, 0.3) is 5.91 Å². The first-order chi connectivity index (χ1) is 17.8. The fourth-order valence-corrected chi connectivity index (χ4v) is 4.22. The lowest BCUT2D eigenvalue weighted by atomic mass is 9.87. The number of rotatable bonds is 9. The minimum atomic E-state index is -0.256. The van der Waals surface area contributed by atoms with Gasteiger partial charge in [0.1, 0.15) is 11.5 Å². The number of benzene rings is 2. The molecule has 9 heteroatoms. The van der Waals surface area contributed by atoms with Gasteiger partial charge in [-0.3, -0.25) is 9.36 Å². The summed E-state index contributed by atoms with van der Waals surface area (Å²) in [6.07, 6.45) is 6.51. The number of thioether (sulfide) groups is 1. The molecule has 0 radical (unpaired) electrons. The highest BCUT2D eigenvalue weighted by Crippen LogP contribution is 2.30. The average Bonchev–Trinajstić information content (AvgIpc) is 3.57. The molecule has 0 saturated heterocycles. The zero-order valence-electron chi connectivity index (χ0n) is 21.2. The van der Waals surface area contributed by atoms with Crippen LogP contribution in [0.5, 0.6) is 5.75 Å². The van der Waals surface area contributed by atoms with Gasteiger partial charge in [0.15, 0.2) is 11.0 Å². The molecule has 0 aliphatic carbocycles. The predicted octanol–water partition coefficient (Wildman–Crippen LogP) is 5.74. The third kappa shape index (κ3) is 6.77. The summed E-state index contributed by atoms with van der Waals surface area (Å²) in [6, 6.07) is 19.6. The number of nitrogens with zero attached hydrogens (tertiary/aromatic N) is 4. The van der Waals surface area contributed by atoms with Crippen molar-refractivity contribution in [3.8, 4) is 22.8 Å². The highest BCUT2D eigenvalue weighted by atomic mass is 32.2. The van der Waals surface area contributed by atoms with Gasteiger partial charge >= 0.3 is 0 Å². The third-order valence-corrected chi connectivity index (χ3v) is 6.39. The van der Waals surface area contributed by atoms with E-state index >= 15 is 0 Å². The average molecular weight is 516 g/mol. The highest BCUT2D eigenvalue weighted by molar-refractivity contribution is 7.99. The van der Waals surface area contributed by atoms with Crippen molar-refractivity contribution < 1.29 is 13.9 Å². The third-order valence-electron chi connectivity index (χ3n) is 5.46. The molecule has 1 amide bonds. The van der Waals surface area contributed by atoms with Gasteiger partial charge in [0.2, 0.25) is 0 Å². The fraction of sp³-hybridized carbons (Fsp3) is 0.214. The van der Waals surface area contributed by atoms with Gasteiger partial charge in [-0.05, 0) is 59.5 Å². The molecule has 4 rings (SSSR count). The summed E-state index contributed by atoms with van der Waals surface area (Å²) in [7, 11) is 1.63. The van der Waals surface area contributed by atoms with Crippen molar-refractivity contribution in [2.75, 3.05) is 12.9 Å². The van der Waals surface area contributed by atoms with Gasteiger partial charge in [0, 0.05) is 17.5 Å². The summed E-state index contributed by atoms with van der Waals surface area (Å²) >= 11 is 1.28. The van der Waals surface area contributed by atoms with Gasteiger partial charge in [-0.1, -0.05) is 56.8 Å². The molecule has 0 fully saturated rings. The summed E-state index contributed by atoms with van der Waals surface area (Å²) in [5.74, 6) is 2.01. The van der Waals surface area contributed by atoms with Crippen LogP contribution in [0.1, 0.15) is 32.1 Å². The van der Waals surface area contributed by atoms with Crippen LogP contribution in [0.4, 0.5) is 0 Å². The van der Waals surface area contributed by atoms with E-state index in [-0.39, 0.29) is 17.1 Å². The molecule has 1 N–H and O–H groups in total. The SMILES string of the molecule is COc1ccc(-n2c(SCC(=O)N/N=C\C=C/c3ccco3)nnc2-c2ccc(C(C)(C)C)cc2)cc1. The molecular weight excluding hydrogens is 486 g/mol. The molecule has 37 heavy (non-hydrogen) atoms. The first-order valence-electron chi connectivity index (χ1n) is 11.7. The largest absolute Gasteiger partial charge is 0.497 e. The lowest BCUT2D eigenvalue weighted by Gasteiger charge is -2.19. The van der Waals surface area contributed by atoms with E-state index in [1.807, 2.05) is 34.9 Å². The lowest BCUT2D eigenvalue weighted by molar-refractivity contribution is -0.118. The number of carbonyl (C=O) groups excluding carboxylic acids is 1. The molecule has 0 spiro atoms. The Labute approximate surface area is 220 Å². The van der Waals surface area contributed by atoms with Crippen LogP contribution in [0.3, 0.4) is 0 Å². The van der Waals surface area contributed by atoms with Crippen molar-refractivity contribution >= 4 is 30.0 Å². The molecule has 2 aromatic carbocycles. The number of furan rings is 1. The molecule has 0 atom stereocenters. The molecule has 190 valence electrons. The van der Waals surface area contributed by atoms with Crippen LogP contribution in [0, 0.1) is 0 Å². The van der Waals surface area contributed by atoms with E-state index in [2.05, 4.69) is 65.8 Å². The highest BCUT2D eigenvalue weighted by Gasteiger charge is 2.19. The first-order valence-corrected chi connectivity index (χ1v) is 12.7. The summed E-state index contributed by atoms with van der Waals surface area (Å²) in [5, 5.41) is 13.4. The molecule has 0 saturated carbocycles. The minimum absolute atomic E-state index is 0.0492. The molecule has 0 bridgehead atoms. The Kier molecular flexibility index (Phi) is 8.25. The smallest absolute Gasteiger partial charge is 0.250 e. The van der Waals surface area contributed by atoms with Gasteiger partial charge in [-0.25, -0.2) is 5.43 Å². The Morgan fingerprint density at radius 3 is 2.51 bits per heavy atom. The van der Waals surface area contributed by atoms with Crippen LogP contribution in [-0.2, 0) is 10.2 Å². The monoisotopic (exact) mass is 515 g/mol. The van der Waals surface area contributed by atoms with Crippen LogP contribution >= 0.6 is 11.8 Å². The van der Waals surface area contributed by atoms with Crippen molar-refractivity contribution in [2.24, 2.45) is 5.10 Å². The molecule has 0 aliphatic rings. The van der Waals surface area contributed by atoms with Gasteiger partial charge < -0.3 is 9.15 Å². The molecule has 4 aromatic rings. The maximum Gasteiger partial charge on any atom is 0.250 e. The second kappa shape index (κ2) is 11.7. The summed E-state index contributed by atoms with van der Waals surface area (Å²) < 4.78 is 12.5. The fourth-order valence-electron chi connectivity index (χ4n) is 3.47. The van der Waals surface area contributed by atoms with Crippen molar-refractivity contribution in [2.45, 2.75) is 31.3 Å². The normalized spacial score (nSPS) is 11.9. The number of nitrogens with one attached hydrogen (secondary N) is 1. The van der Waals surface area contributed by atoms with Crippen LogP contribution in [0.15, 0.2) is 87.7 Å². The van der Waals surface area contributed by atoms with E-state index in [4.69, 9.17) is 9.15 Å². The van der Waals surface area contributed by atoms with Crippen molar-refractivity contribution in [3.05, 3.63) is 84.3 Å². The van der Waals surface area contributed by atoms with Crippen molar-refractivity contribution in [1.29, 1.82) is 0 Å². The minimum Gasteiger partial charge on any atom is -0.497 e. The predicted molar refractivity (Wildman–Crippen MR) is 147 cm³/mol. The summed E-state index contributed by atoms with van der Waals surface area (Å²) in [4.78, 5) is 12.4. The topological polar surface area (TPSA) is 94.5 Å². The molecular formula is C28H29N5O3S. The summed E-state index contributed by atoms with van der Waals surface area (Å²) in [5.41, 5.74) is 5.60. The van der Waals surface area contributed by atoms with E-state index in [0.29, 0.717) is 16.7 Å². The maximum atomic E-state index is 12.4. The molecule has 0 unspecified atom stereocenters. The van der Waals surface area contributed by atoms with Crippen LogP contribution in [0.25, 0.3) is 23.2 Å². The number of methoxy groups -OCH3 is 1. The molecule has 0 aliphatic heterocycles. The number of hydrogen-bond acceptors (Lipinski definition) is 7. The Bertz CT molecular complexity index is 1370. The second-order valence-corrected chi connectivity index (χ2v) is 10.1. The zero-order chi connectivity index (χ0) is 26.3. The van der Waals surface area contributed by atoms with Crippen LogP contribution in [-0.4, -0.2) is 39.7 Å². The van der Waals surface area contributed by atoms with E-state index < -0.39 is 0 Å². The molecule has 2 heterocycles. The summed E-state index contributed by atoms with van der Waals surface area (Å²) in [6.45, 7) is 6.54.